The lowest BCUT2D eigenvalue weighted by Crippen LogP contribution is -2.14. The number of amides is 1. The summed E-state index contributed by atoms with van der Waals surface area (Å²) in [4.78, 5) is 25.1. The minimum absolute atomic E-state index is 0.000937. The van der Waals surface area contributed by atoms with Crippen LogP contribution in [0.25, 0.3) is 6.08 Å². The number of benzene rings is 3. The third kappa shape index (κ3) is 7.32. The number of nitro benzene ring substituents is 1. The summed E-state index contributed by atoms with van der Waals surface area (Å²) in [6.45, 7) is 2.35. The zero-order valence-electron chi connectivity index (χ0n) is 20.5. The molecule has 0 fully saturated rings. The van der Waals surface area contributed by atoms with Crippen LogP contribution >= 0.6 is 15.9 Å². The van der Waals surface area contributed by atoms with Crippen LogP contribution in [0.1, 0.15) is 18.1 Å². The Balaban J connectivity index is 1.80. The number of nitriles is 1. The summed E-state index contributed by atoms with van der Waals surface area (Å²) in [6, 6.07) is 18.7. The zero-order chi connectivity index (χ0) is 26.9. The summed E-state index contributed by atoms with van der Waals surface area (Å²) in [5, 5.41) is 23.2. The molecule has 37 heavy (non-hydrogen) atoms. The fourth-order valence-corrected chi connectivity index (χ4v) is 3.87. The molecule has 0 heterocycles. The molecule has 0 saturated carbocycles. The average molecular weight is 565 g/mol. The van der Waals surface area contributed by atoms with Gasteiger partial charge in [0, 0.05) is 37.6 Å². The van der Waals surface area contributed by atoms with Crippen molar-refractivity contribution in [2.75, 3.05) is 30.9 Å². The number of non-ortho nitro benzene ring substituents is 1. The summed E-state index contributed by atoms with van der Waals surface area (Å²) in [7, 11) is 3.84. The quantitative estimate of drug-likeness (QED) is 0.140. The summed E-state index contributed by atoms with van der Waals surface area (Å²) >= 11 is 3.48. The van der Waals surface area contributed by atoms with Crippen LogP contribution < -0.4 is 19.7 Å². The van der Waals surface area contributed by atoms with Crippen LogP contribution in [0.3, 0.4) is 0 Å². The molecule has 0 aromatic heterocycles. The van der Waals surface area contributed by atoms with Gasteiger partial charge < -0.3 is 19.7 Å². The van der Waals surface area contributed by atoms with Gasteiger partial charge >= 0.3 is 0 Å². The normalized spacial score (nSPS) is 10.8. The molecule has 0 saturated heterocycles. The molecule has 0 atom stereocenters. The predicted molar refractivity (Wildman–Crippen MR) is 146 cm³/mol. The van der Waals surface area contributed by atoms with E-state index in [1.165, 1.54) is 18.2 Å². The number of hydrogen-bond acceptors (Lipinski definition) is 7. The molecule has 9 nitrogen and oxygen atoms in total. The zero-order valence-corrected chi connectivity index (χ0v) is 22.1. The topological polar surface area (TPSA) is 118 Å². The van der Waals surface area contributed by atoms with Crippen molar-refractivity contribution in [3.8, 4) is 17.6 Å². The molecular weight excluding hydrogens is 540 g/mol. The molecule has 0 aliphatic carbocycles. The number of anilines is 2. The second-order valence-corrected chi connectivity index (χ2v) is 8.89. The van der Waals surface area contributed by atoms with Crippen LogP contribution in [0.15, 0.2) is 70.7 Å². The Labute approximate surface area is 223 Å². The van der Waals surface area contributed by atoms with Gasteiger partial charge in [-0.3, -0.25) is 14.9 Å². The summed E-state index contributed by atoms with van der Waals surface area (Å²) in [6.07, 6.45) is 1.47. The molecule has 10 heteroatoms. The Morgan fingerprint density at radius 3 is 2.38 bits per heavy atom. The standard InChI is InChI=1S/C27H25BrN4O5/c1-4-36-25-15-19(13-20(16-29)27(33)30-21-7-11-22(12-8-21)31(2)3)14-24(28)26(25)37-17-18-5-9-23(10-6-18)32(34)35/h5-15H,4,17H2,1-3H3,(H,30,33)/b20-13-. The van der Waals surface area contributed by atoms with Gasteiger partial charge in [-0.05, 0) is 88.6 Å². The average Bonchev–Trinajstić information content (AvgIpc) is 2.87. The highest BCUT2D eigenvalue weighted by molar-refractivity contribution is 9.10. The fourth-order valence-electron chi connectivity index (χ4n) is 3.30. The Hall–Kier alpha value is -4.36. The first kappa shape index (κ1) is 27.2. The van der Waals surface area contributed by atoms with Gasteiger partial charge in [0.1, 0.15) is 18.2 Å². The van der Waals surface area contributed by atoms with E-state index in [-0.39, 0.29) is 17.9 Å². The molecule has 0 aliphatic heterocycles. The Kier molecular flexibility index (Phi) is 9.24. The first-order chi connectivity index (χ1) is 17.7. The Morgan fingerprint density at radius 1 is 1.14 bits per heavy atom. The van der Waals surface area contributed by atoms with Crippen molar-refractivity contribution >= 4 is 45.0 Å². The number of nitro groups is 1. The van der Waals surface area contributed by atoms with E-state index in [9.17, 15) is 20.2 Å². The first-order valence-corrected chi connectivity index (χ1v) is 12.0. The van der Waals surface area contributed by atoms with E-state index in [0.29, 0.717) is 33.8 Å². The number of hydrogen-bond donors (Lipinski definition) is 1. The van der Waals surface area contributed by atoms with E-state index < -0.39 is 10.8 Å². The molecule has 190 valence electrons. The van der Waals surface area contributed by atoms with Crippen LogP contribution in [-0.2, 0) is 11.4 Å². The maximum absolute atomic E-state index is 12.7. The molecule has 1 amide bonds. The van der Waals surface area contributed by atoms with E-state index in [1.54, 1.807) is 36.4 Å². The Bertz CT molecular complexity index is 1350. The van der Waals surface area contributed by atoms with Crippen molar-refractivity contribution in [1.82, 2.24) is 0 Å². The van der Waals surface area contributed by atoms with E-state index in [4.69, 9.17) is 9.47 Å². The van der Waals surface area contributed by atoms with Crippen molar-refractivity contribution < 1.29 is 19.2 Å². The number of carbonyl (C=O) groups is 1. The van der Waals surface area contributed by atoms with E-state index in [2.05, 4.69) is 21.2 Å². The smallest absolute Gasteiger partial charge is 0.269 e. The molecule has 0 unspecified atom stereocenters. The van der Waals surface area contributed by atoms with E-state index in [0.717, 1.165) is 11.3 Å². The SMILES string of the molecule is CCOc1cc(/C=C(/C#N)C(=O)Nc2ccc(N(C)C)cc2)cc(Br)c1OCc1ccc([N+](=O)[O-])cc1. The second kappa shape index (κ2) is 12.6. The minimum Gasteiger partial charge on any atom is -0.490 e. The Morgan fingerprint density at radius 2 is 1.81 bits per heavy atom. The molecule has 3 aromatic rings. The highest BCUT2D eigenvalue weighted by Gasteiger charge is 2.15. The van der Waals surface area contributed by atoms with Crippen molar-refractivity contribution in [2.24, 2.45) is 0 Å². The summed E-state index contributed by atoms with van der Waals surface area (Å²) in [5.74, 6) is 0.316. The van der Waals surface area contributed by atoms with E-state index >= 15 is 0 Å². The van der Waals surface area contributed by atoms with Crippen molar-refractivity contribution in [3.63, 3.8) is 0 Å². The lowest BCUT2D eigenvalue weighted by atomic mass is 10.1. The molecule has 0 bridgehead atoms. The molecule has 0 aliphatic rings. The molecule has 0 radical (unpaired) electrons. The van der Waals surface area contributed by atoms with Crippen LogP contribution in [0, 0.1) is 21.4 Å². The number of rotatable bonds is 10. The third-order valence-corrected chi connectivity index (χ3v) is 5.77. The molecule has 1 N–H and O–H groups in total. The van der Waals surface area contributed by atoms with Crippen LogP contribution in [0.2, 0.25) is 0 Å². The lowest BCUT2D eigenvalue weighted by molar-refractivity contribution is -0.384. The monoisotopic (exact) mass is 564 g/mol. The van der Waals surface area contributed by atoms with Gasteiger partial charge in [0.15, 0.2) is 11.5 Å². The van der Waals surface area contributed by atoms with Crippen molar-refractivity contribution in [2.45, 2.75) is 13.5 Å². The van der Waals surface area contributed by atoms with Crippen LogP contribution in [0.4, 0.5) is 17.1 Å². The maximum atomic E-state index is 12.7. The van der Waals surface area contributed by atoms with Gasteiger partial charge in [-0.15, -0.1) is 0 Å². The van der Waals surface area contributed by atoms with Gasteiger partial charge in [0.2, 0.25) is 0 Å². The lowest BCUT2D eigenvalue weighted by Gasteiger charge is -2.15. The van der Waals surface area contributed by atoms with Gasteiger partial charge in [0.05, 0.1) is 16.0 Å². The van der Waals surface area contributed by atoms with Gasteiger partial charge in [-0.1, -0.05) is 0 Å². The number of carbonyl (C=O) groups excluding carboxylic acids is 1. The number of halogens is 1. The molecule has 3 aromatic carbocycles. The minimum atomic E-state index is -0.535. The number of ether oxygens (including phenoxy) is 2. The summed E-state index contributed by atoms with van der Waals surface area (Å²) in [5.41, 5.74) is 2.78. The van der Waals surface area contributed by atoms with E-state index in [1.807, 2.05) is 44.1 Å². The molecule has 3 rings (SSSR count). The van der Waals surface area contributed by atoms with Crippen LogP contribution in [-0.4, -0.2) is 31.5 Å². The molecular formula is C27H25BrN4O5. The number of nitrogens with one attached hydrogen (secondary N) is 1. The fraction of sp³-hybridized carbons (Fsp3) is 0.185. The van der Waals surface area contributed by atoms with Gasteiger partial charge in [0.25, 0.3) is 11.6 Å². The highest BCUT2D eigenvalue weighted by atomic mass is 79.9. The second-order valence-electron chi connectivity index (χ2n) is 8.04. The molecule has 0 spiro atoms. The van der Waals surface area contributed by atoms with Gasteiger partial charge in [-0.25, -0.2) is 0 Å². The number of nitrogens with zero attached hydrogens (tertiary/aromatic N) is 3. The van der Waals surface area contributed by atoms with Crippen LogP contribution in [0.5, 0.6) is 11.5 Å². The maximum Gasteiger partial charge on any atom is 0.269 e. The predicted octanol–water partition coefficient (Wildman–Crippen LogP) is 5.95. The first-order valence-electron chi connectivity index (χ1n) is 11.2. The van der Waals surface area contributed by atoms with Gasteiger partial charge in [-0.2, -0.15) is 5.26 Å². The summed E-state index contributed by atoms with van der Waals surface area (Å²) < 4.78 is 12.2. The highest BCUT2D eigenvalue weighted by Crippen LogP contribution is 2.38. The third-order valence-electron chi connectivity index (χ3n) is 5.18. The largest absolute Gasteiger partial charge is 0.490 e. The van der Waals surface area contributed by atoms with Crippen molar-refractivity contribution in [1.29, 1.82) is 5.26 Å². The van der Waals surface area contributed by atoms with Crippen molar-refractivity contribution in [3.05, 3.63) is 92.0 Å².